The number of amides is 1. The molecule has 12 heteroatoms. The number of pyridine rings is 3. The smallest absolute Gasteiger partial charge is 0.275 e. The molecule has 0 fully saturated rings. The number of hydrogen-bond acceptors (Lipinski definition) is 10. The van der Waals surface area contributed by atoms with Crippen molar-refractivity contribution in [2.24, 2.45) is 0 Å². The Balaban J connectivity index is 1.23. The summed E-state index contributed by atoms with van der Waals surface area (Å²) in [4.78, 5) is 41.9. The monoisotopic (exact) mass is 501 g/mol. The Morgan fingerprint density at radius 3 is 2.92 bits per heavy atom. The molecule has 4 aromatic rings. The van der Waals surface area contributed by atoms with Gasteiger partial charge >= 0.3 is 0 Å². The maximum atomic E-state index is 12.7. The first-order chi connectivity index (χ1) is 18.0. The summed E-state index contributed by atoms with van der Waals surface area (Å²) >= 11 is 0. The molecule has 0 radical (unpaired) electrons. The minimum Gasteiger partial charge on any atom is -0.481 e. The highest BCUT2D eigenvalue weighted by Crippen LogP contribution is 2.26. The van der Waals surface area contributed by atoms with Crippen molar-refractivity contribution in [3.05, 3.63) is 70.0 Å². The van der Waals surface area contributed by atoms with E-state index in [1.165, 1.54) is 17.9 Å². The first-order valence-electron chi connectivity index (χ1n) is 11.7. The lowest BCUT2D eigenvalue weighted by Gasteiger charge is -2.30. The van der Waals surface area contributed by atoms with Crippen LogP contribution >= 0.6 is 0 Å². The van der Waals surface area contributed by atoms with Crippen LogP contribution < -0.4 is 25.7 Å². The second-order valence-electron chi connectivity index (χ2n) is 8.88. The van der Waals surface area contributed by atoms with Crippen molar-refractivity contribution in [3.8, 4) is 17.3 Å². The van der Waals surface area contributed by atoms with Gasteiger partial charge in [-0.1, -0.05) is 0 Å². The number of rotatable bonds is 5. The molecule has 1 amide bonds. The summed E-state index contributed by atoms with van der Waals surface area (Å²) in [6.07, 6.45) is 3.07. The van der Waals surface area contributed by atoms with Gasteiger partial charge in [-0.25, -0.2) is 9.97 Å². The third-order valence-corrected chi connectivity index (χ3v) is 6.47. The van der Waals surface area contributed by atoms with E-state index in [-0.39, 0.29) is 24.1 Å². The fourth-order valence-corrected chi connectivity index (χ4v) is 4.61. The minimum absolute atomic E-state index is 0.0224. The van der Waals surface area contributed by atoms with Crippen LogP contribution in [-0.4, -0.2) is 61.4 Å². The fourth-order valence-electron chi connectivity index (χ4n) is 4.61. The number of carbonyl (C=O) groups is 1. The van der Waals surface area contributed by atoms with Crippen molar-refractivity contribution in [2.75, 3.05) is 19.0 Å². The van der Waals surface area contributed by atoms with Gasteiger partial charge in [0.1, 0.15) is 5.52 Å². The molecule has 6 rings (SSSR count). The number of aliphatic hydroxyl groups excluding tert-OH is 1. The second kappa shape index (κ2) is 9.22. The highest BCUT2D eigenvalue weighted by atomic mass is 16.5. The first kappa shape index (κ1) is 23.0. The molecular weight excluding hydrogens is 478 g/mol. The predicted octanol–water partition coefficient (Wildman–Crippen LogP) is 0.528. The molecule has 188 valence electrons. The Labute approximate surface area is 210 Å². The molecule has 2 unspecified atom stereocenters. The van der Waals surface area contributed by atoms with Crippen molar-refractivity contribution in [3.63, 3.8) is 0 Å². The zero-order valence-electron chi connectivity index (χ0n) is 19.8. The SMILES string of the molecule is COc1ccc2ncc(=O)n(-c3cnc4c(c3)CC(O)C(NCc3ccc5c(n3)NC(=O)CO5)C4)c2n1. The number of methoxy groups -OCH3 is 1. The third-order valence-electron chi connectivity index (χ3n) is 6.47. The molecule has 1 aliphatic carbocycles. The lowest BCUT2D eigenvalue weighted by molar-refractivity contribution is -0.118. The number of aliphatic hydroxyl groups is 1. The van der Waals surface area contributed by atoms with E-state index in [0.717, 1.165) is 11.3 Å². The van der Waals surface area contributed by atoms with Crippen LogP contribution in [0.1, 0.15) is 17.0 Å². The van der Waals surface area contributed by atoms with E-state index in [0.29, 0.717) is 59.4 Å². The van der Waals surface area contributed by atoms with Gasteiger partial charge in [-0.3, -0.25) is 19.1 Å². The number of nitrogens with zero attached hydrogens (tertiary/aromatic N) is 5. The van der Waals surface area contributed by atoms with E-state index in [9.17, 15) is 14.7 Å². The van der Waals surface area contributed by atoms with Crippen LogP contribution in [0, 0.1) is 0 Å². The summed E-state index contributed by atoms with van der Waals surface area (Å²) in [5, 5.41) is 16.9. The molecular formula is C25H23N7O5. The highest BCUT2D eigenvalue weighted by Gasteiger charge is 2.28. The molecule has 2 atom stereocenters. The van der Waals surface area contributed by atoms with Gasteiger partial charge in [0.15, 0.2) is 23.8 Å². The molecule has 5 heterocycles. The van der Waals surface area contributed by atoms with Crippen molar-refractivity contribution in [2.45, 2.75) is 31.5 Å². The van der Waals surface area contributed by atoms with Crippen LogP contribution in [0.5, 0.6) is 11.6 Å². The van der Waals surface area contributed by atoms with Gasteiger partial charge in [0, 0.05) is 37.2 Å². The van der Waals surface area contributed by atoms with Gasteiger partial charge in [-0.15, -0.1) is 0 Å². The molecule has 4 aromatic heterocycles. The van der Waals surface area contributed by atoms with E-state index >= 15 is 0 Å². The van der Waals surface area contributed by atoms with Gasteiger partial charge in [0.05, 0.1) is 37.0 Å². The maximum Gasteiger partial charge on any atom is 0.275 e. The Morgan fingerprint density at radius 2 is 2.05 bits per heavy atom. The Kier molecular flexibility index (Phi) is 5.74. The summed E-state index contributed by atoms with van der Waals surface area (Å²) < 4.78 is 12.0. The van der Waals surface area contributed by atoms with Gasteiger partial charge in [0.25, 0.3) is 11.5 Å². The summed E-state index contributed by atoms with van der Waals surface area (Å²) in [5.74, 6) is 1.05. The van der Waals surface area contributed by atoms with Crippen molar-refractivity contribution in [1.82, 2.24) is 29.8 Å². The lowest BCUT2D eigenvalue weighted by Crippen LogP contribution is -2.45. The Hall–Kier alpha value is -4.42. The van der Waals surface area contributed by atoms with Crippen LogP contribution in [0.2, 0.25) is 0 Å². The number of hydrogen-bond donors (Lipinski definition) is 3. The normalized spacial score (nSPS) is 18.5. The molecule has 3 N–H and O–H groups in total. The summed E-state index contributed by atoms with van der Waals surface area (Å²) in [5.41, 5.74) is 3.51. The van der Waals surface area contributed by atoms with Crippen LogP contribution in [0.4, 0.5) is 5.82 Å². The largest absolute Gasteiger partial charge is 0.481 e. The molecule has 0 spiro atoms. The van der Waals surface area contributed by atoms with Crippen LogP contribution in [0.15, 0.2) is 47.5 Å². The van der Waals surface area contributed by atoms with E-state index in [1.54, 1.807) is 24.4 Å². The molecule has 0 saturated heterocycles. The van der Waals surface area contributed by atoms with Gasteiger partial charge in [0.2, 0.25) is 5.88 Å². The third kappa shape index (κ3) is 4.36. The molecule has 0 aromatic carbocycles. The molecule has 12 nitrogen and oxygen atoms in total. The maximum absolute atomic E-state index is 12.7. The number of fused-ring (bicyclic) bond motifs is 3. The van der Waals surface area contributed by atoms with Gasteiger partial charge in [-0.2, -0.15) is 4.98 Å². The topological polar surface area (TPSA) is 153 Å². The number of anilines is 1. The Morgan fingerprint density at radius 1 is 1.16 bits per heavy atom. The number of nitrogens with one attached hydrogen (secondary N) is 2. The van der Waals surface area contributed by atoms with Crippen molar-refractivity contribution in [1.29, 1.82) is 0 Å². The summed E-state index contributed by atoms with van der Waals surface area (Å²) in [6, 6.07) is 8.62. The highest BCUT2D eigenvalue weighted by molar-refractivity contribution is 5.94. The van der Waals surface area contributed by atoms with Crippen LogP contribution in [0.25, 0.3) is 16.9 Å². The zero-order chi connectivity index (χ0) is 25.5. The molecule has 2 aliphatic rings. The van der Waals surface area contributed by atoms with E-state index < -0.39 is 6.10 Å². The van der Waals surface area contributed by atoms with Crippen molar-refractivity contribution < 1.29 is 19.4 Å². The molecule has 1 aliphatic heterocycles. The van der Waals surface area contributed by atoms with E-state index in [1.807, 2.05) is 12.1 Å². The summed E-state index contributed by atoms with van der Waals surface area (Å²) in [6.45, 7) is 0.371. The van der Waals surface area contributed by atoms with Gasteiger partial charge in [-0.05, 0) is 29.8 Å². The van der Waals surface area contributed by atoms with Crippen molar-refractivity contribution >= 4 is 22.9 Å². The first-order valence-corrected chi connectivity index (χ1v) is 11.7. The quantitative estimate of drug-likeness (QED) is 0.353. The number of ether oxygens (including phenoxy) is 2. The van der Waals surface area contributed by atoms with Crippen LogP contribution in [0.3, 0.4) is 0 Å². The molecule has 0 bridgehead atoms. The predicted molar refractivity (Wildman–Crippen MR) is 132 cm³/mol. The zero-order valence-corrected chi connectivity index (χ0v) is 19.8. The van der Waals surface area contributed by atoms with Gasteiger partial charge < -0.3 is 25.2 Å². The van der Waals surface area contributed by atoms with E-state index in [4.69, 9.17) is 9.47 Å². The molecule has 37 heavy (non-hydrogen) atoms. The molecule has 0 saturated carbocycles. The summed E-state index contributed by atoms with van der Waals surface area (Å²) in [7, 11) is 1.51. The second-order valence-corrected chi connectivity index (χ2v) is 8.88. The Bertz CT molecular complexity index is 1590. The average molecular weight is 502 g/mol. The minimum atomic E-state index is -0.672. The standard InChI is InChI=1S/C25H23N7O5/c1-36-22-5-3-16-25(31-22)32(23(35)11-28-16)15-6-13-7-19(33)18(8-17(13)27-10-15)26-9-14-2-4-20-24(29-14)30-21(34)12-37-20/h2-6,10-11,18-19,26,33H,7-9,12H2,1H3,(H,29,30,34). The lowest BCUT2D eigenvalue weighted by atomic mass is 9.89. The number of carbonyl (C=O) groups excluding carboxylic acids is 1. The van der Waals surface area contributed by atoms with Crippen LogP contribution in [-0.2, 0) is 24.2 Å². The van der Waals surface area contributed by atoms with E-state index in [2.05, 4.69) is 30.6 Å². The fraction of sp³-hybridized carbons (Fsp3) is 0.280. The number of aromatic nitrogens is 5. The average Bonchev–Trinajstić information content (AvgIpc) is 2.91.